The molecule has 0 saturated carbocycles. The summed E-state index contributed by atoms with van der Waals surface area (Å²) in [7, 11) is 0. The van der Waals surface area contributed by atoms with E-state index in [1.54, 1.807) is 24.3 Å². The Balaban J connectivity index is 1.42. The molecule has 1 heterocycles. The number of rotatable bonds is 6. The lowest BCUT2D eigenvalue weighted by Crippen LogP contribution is -2.15. The van der Waals surface area contributed by atoms with Gasteiger partial charge in [-0.2, -0.15) is 5.21 Å². The van der Waals surface area contributed by atoms with Crippen molar-refractivity contribution in [1.29, 1.82) is 0 Å². The van der Waals surface area contributed by atoms with Gasteiger partial charge in [-0.3, -0.25) is 10.1 Å². The van der Waals surface area contributed by atoms with Crippen LogP contribution >= 0.6 is 11.6 Å². The molecule has 0 radical (unpaired) electrons. The van der Waals surface area contributed by atoms with Crippen molar-refractivity contribution in [2.24, 2.45) is 0 Å². The summed E-state index contributed by atoms with van der Waals surface area (Å²) in [6.45, 7) is 0.122. The minimum atomic E-state index is -0.657. The minimum absolute atomic E-state index is 0.122. The molecule has 0 bridgehead atoms. The highest BCUT2D eigenvalue weighted by atomic mass is 35.5. The number of hydrogen-bond donors (Lipinski definition) is 3. The molecule has 10 heteroatoms. The number of carbonyl (C=O) groups excluding carboxylic acids is 2. The molecule has 0 atom stereocenters. The number of aromatic amines is 1. The molecular formula is C22H17ClN6O3. The van der Waals surface area contributed by atoms with Gasteiger partial charge in [0.25, 0.3) is 5.91 Å². The van der Waals surface area contributed by atoms with Crippen LogP contribution in [0.15, 0.2) is 72.8 Å². The molecule has 0 unspecified atom stereocenters. The summed E-state index contributed by atoms with van der Waals surface area (Å²) in [5.74, 6) is 0.00261. The number of nitrogens with one attached hydrogen (secondary N) is 3. The van der Waals surface area contributed by atoms with E-state index in [4.69, 9.17) is 16.3 Å². The quantitative estimate of drug-likeness (QED) is 0.398. The fraction of sp³-hybridized carbons (Fsp3) is 0.0455. The molecular weight excluding hydrogens is 432 g/mol. The van der Waals surface area contributed by atoms with Gasteiger partial charge in [-0.05, 0) is 41.1 Å². The molecule has 1 aromatic heterocycles. The Bertz CT molecular complexity index is 1230. The first-order valence-electron chi connectivity index (χ1n) is 9.50. The minimum Gasteiger partial charge on any atom is -0.444 e. The van der Waals surface area contributed by atoms with Gasteiger partial charge < -0.3 is 10.1 Å². The molecule has 9 nitrogen and oxygen atoms in total. The largest absolute Gasteiger partial charge is 0.444 e. The zero-order valence-electron chi connectivity index (χ0n) is 16.6. The number of hydrogen-bond acceptors (Lipinski definition) is 6. The molecule has 0 saturated heterocycles. The third kappa shape index (κ3) is 5.46. The molecule has 160 valence electrons. The SMILES string of the molecule is O=C(Nc1cc(Cl)cc(C(=O)Nc2cccc(-c3nn[nH]n3)c2)c1)OCc1ccccc1. The molecule has 3 aromatic carbocycles. The molecule has 32 heavy (non-hydrogen) atoms. The van der Waals surface area contributed by atoms with Crippen molar-refractivity contribution in [2.45, 2.75) is 6.61 Å². The van der Waals surface area contributed by atoms with Gasteiger partial charge in [0.15, 0.2) is 0 Å². The lowest BCUT2D eigenvalue weighted by atomic mass is 10.1. The second-order valence-corrected chi connectivity index (χ2v) is 7.12. The number of aromatic nitrogens is 4. The molecule has 4 aromatic rings. The van der Waals surface area contributed by atoms with Crippen LogP contribution in [0.3, 0.4) is 0 Å². The van der Waals surface area contributed by atoms with Crippen molar-refractivity contribution in [1.82, 2.24) is 20.6 Å². The van der Waals surface area contributed by atoms with Gasteiger partial charge in [0.2, 0.25) is 5.82 Å². The van der Waals surface area contributed by atoms with Crippen LogP contribution < -0.4 is 10.6 Å². The monoisotopic (exact) mass is 448 g/mol. The topological polar surface area (TPSA) is 122 Å². The smallest absolute Gasteiger partial charge is 0.411 e. The van der Waals surface area contributed by atoms with E-state index in [1.165, 1.54) is 18.2 Å². The first-order chi connectivity index (χ1) is 15.6. The van der Waals surface area contributed by atoms with Gasteiger partial charge >= 0.3 is 6.09 Å². The molecule has 0 aliphatic heterocycles. The third-order valence-corrected chi connectivity index (χ3v) is 4.56. The molecule has 0 spiro atoms. The van der Waals surface area contributed by atoms with Crippen LogP contribution in [0, 0.1) is 0 Å². The summed E-state index contributed by atoms with van der Waals surface area (Å²) in [6, 6.07) is 20.8. The van der Waals surface area contributed by atoms with Gasteiger partial charge in [-0.15, -0.1) is 10.2 Å². The summed E-state index contributed by atoms with van der Waals surface area (Å²) in [5.41, 5.74) is 2.68. The van der Waals surface area contributed by atoms with E-state index in [2.05, 4.69) is 31.3 Å². The van der Waals surface area contributed by atoms with E-state index < -0.39 is 12.0 Å². The van der Waals surface area contributed by atoms with Crippen molar-refractivity contribution in [3.63, 3.8) is 0 Å². The van der Waals surface area contributed by atoms with Crippen molar-refractivity contribution in [2.75, 3.05) is 10.6 Å². The van der Waals surface area contributed by atoms with Crippen LogP contribution in [-0.4, -0.2) is 32.6 Å². The maximum atomic E-state index is 12.7. The Hall–Kier alpha value is -4.24. The van der Waals surface area contributed by atoms with Crippen molar-refractivity contribution >= 4 is 35.0 Å². The predicted octanol–water partition coefficient (Wildman–Crippen LogP) is 4.52. The van der Waals surface area contributed by atoms with E-state index >= 15 is 0 Å². The summed E-state index contributed by atoms with van der Waals surface area (Å²) in [5, 5.41) is 19.4. The number of ether oxygens (including phenoxy) is 1. The van der Waals surface area contributed by atoms with Gasteiger partial charge in [0.1, 0.15) is 6.61 Å². The molecule has 3 N–H and O–H groups in total. The maximum Gasteiger partial charge on any atom is 0.411 e. The highest BCUT2D eigenvalue weighted by Gasteiger charge is 2.12. The zero-order chi connectivity index (χ0) is 22.3. The summed E-state index contributed by atoms with van der Waals surface area (Å²) >= 11 is 6.15. The van der Waals surface area contributed by atoms with E-state index in [-0.39, 0.29) is 17.2 Å². The van der Waals surface area contributed by atoms with Crippen LogP contribution in [0.2, 0.25) is 5.02 Å². The second kappa shape index (κ2) is 9.71. The molecule has 2 amide bonds. The van der Waals surface area contributed by atoms with Crippen molar-refractivity contribution in [3.8, 4) is 11.4 Å². The number of carbonyl (C=O) groups is 2. The number of amides is 2. The maximum absolute atomic E-state index is 12.7. The fourth-order valence-electron chi connectivity index (χ4n) is 2.89. The van der Waals surface area contributed by atoms with E-state index in [0.29, 0.717) is 22.8 Å². The normalized spacial score (nSPS) is 10.4. The van der Waals surface area contributed by atoms with Crippen LogP contribution in [0.1, 0.15) is 15.9 Å². The Kier molecular flexibility index (Phi) is 6.38. The number of benzene rings is 3. The van der Waals surface area contributed by atoms with Crippen molar-refractivity contribution in [3.05, 3.63) is 88.9 Å². The Morgan fingerprint density at radius 1 is 0.938 bits per heavy atom. The summed E-state index contributed by atoms with van der Waals surface area (Å²) in [4.78, 5) is 24.9. The predicted molar refractivity (Wildman–Crippen MR) is 119 cm³/mol. The standard InChI is InChI=1S/C22H17ClN6O3/c23-17-9-16(11-19(12-17)25-22(31)32-13-14-5-2-1-3-6-14)21(30)24-18-8-4-7-15(10-18)20-26-28-29-27-20/h1-12H,13H2,(H,24,30)(H,25,31)(H,26,27,28,29). The number of anilines is 2. The lowest BCUT2D eigenvalue weighted by molar-refractivity contribution is 0.102. The fourth-order valence-corrected chi connectivity index (χ4v) is 3.13. The molecule has 4 rings (SSSR count). The first kappa shape index (κ1) is 21.0. The van der Waals surface area contributed by atoms with E-state index in [0.717, 1.165) is 5.56 Å². The zero-order valence-corrected chi connectivity index (χ0v) is 17.3. The van der Waals surface area contributed by atoms with E-state index in [1.807, 2.05) is 30.3 Å². The highest BCUT2D eigenvalue weighted by Crippen LogP contribution is 2.22. The number of nitrogens with zero attached hydrogens (tertiary/aromatic N) is 3. The van der Waals surface area contributed by atoms with Gasteiger partial charge in [-0.25, -0.2) is 4.79 Å². The summed E-state index contributed by atoms with van der Waals surface area (Å²) < 4.78 is 5.20. The Morgan fingerprint density at radius 2 is 1.78 bits per heavy atom. The average Bonchev–Trinajstić information content (AvgIpc) is 3.33. The Morgan fingerprint density at radius 3 is 2.56 bits per heavy atom. The van der Waals surface area contributed by atoms with Crippen LogP contribution in [0.25, 0.3) is 11.4 Å². The van der Waals surface area contributed by atoms with Crippen LogP contribution in [0.4, 0.5) is 16.2 Å². The highest BCUT2D eigenvalue weighted by molar-refractivity contribution is 6.31. The average molecular weight is 449 g/mol. The number of tetrazole rings is 1. The van der Waals surface area contributed by atoms with Crippen LogP contribution in [-0.2, 0) is 11.3 Å². The van der Waals surface area contributed by atoms with Crippen molar-refractivity contribution < 1.29 is 14.3 Å². The number of halogens is 1. The summed E-state index contributed by atoms with van der Waals surface area (Å²) in [6.07, 6.45) is -0.657. The second-order valence-electron chi connectivity index (χ2n) is 6.69. The number of H-pyrrole nitrogens is 1. The molecule has 0 aliphatic carbocycles. The van der Waals surface area contributed by atoms with Gasteiger partial charge in [0.05, 0.1) is 0 Å². The Labute approximate surface area is 187 Å². The first-order valence-corrected chi connectivity index (χ1v) is 9.88. The molecule has 0 fully saturated rings. The van der Waals surface area contributed by atoms with Gasteiger partial charge in [0, 0.05) is 27.5 Å². The van der Waals surface area contributed by atoms with Gasteiger partial charge in [-0.1, -0.05) is 54.1 Å². The third-order valence-electron chi connectivity index (χ3n) is 4.34. The van der Waals surface area contributed by atoms with Crippen LogP contribution in [0.5, 0.6) is 0 Å². The lowest BCUT2D eigenvalue weighted by Gasteiger charge is -2.10. The van der Waals surface area contributed by atoms with E-state index in [9.17, 15) is 9.59 Å². The molecule has 0 aliphatic rings.